The molecule has 1 saturated heterocycles. The minimum absolute atomic E-state index is 0.326. The van der Waals surface area contributed by atoms with Crippen LogP contribution in [-0.4, -0.2) is 36.0 Å². The maximum absolute atomic E-state index is 11.1. The molecule has 5 heteroatoms. The average molecular weight is 207 g/mol. The first-order valence-electron chi connectivity index (χ1n) is 4.93. The van der Waals surface area contributed by atoms with E-state index in [-0.39, 0.29) is 0 Å². The molecule has 0 amide bonds. The molecule has 1 fully saturated rings. The average Bonchev–Trinajstić information content (AvgIpc) is 2.30. The normalized spacial score (nSPS) is 16.6. The standard InChI is InChI=1S/C10H13N3O2/c1-15-10-11-5-2-9(12-10)13-6-3-8(14)4-7-13/h2,5H,3-4,6-7H2,1H3. The third kappa shape index (κ3) is 2.23. The van der Waals surface area contributed by atoms with E-state index in [1.807, 2.05) is 6.07 Å². The number of carbonyl (C=O) groups is 1. The summed E-state index contributed by atoms with van der Waals surface area (Å²) in [6.45, 7) is 1.47. The van der Waals surface area contributed by atoms with E-state index in [1.54, 1.807) is 13.3 Å². The predicted octanol–water partition coefficient (Wildman–Crippen LogP) is 0.654. The van der Waals surface area contributed by atoms with Crippen LogP contribution in [0, 0.1) is 0 Å². The predicted molar refractivity (Wildman–Crippen MR) is 55.0 cm³/mol. The summed E-state index contributed by atoms with van der Waals surface area (Å²) < 4.78 is 4.95. The number of ketones is 1. The van der Waals surface area contributed by atoms with Crippen LogP contribution in [-0.2, 0) is 4.79 Å². The Bertz CT molecular complexity index is 357. The molecule has 0 saturated carbocycles. The van der Waals surface area contributed by atoms with Crippen LogP contribution in [0.2, 0.25) is 0 Å². The van der Waals surface area contributed by atoms with Crippen molar-refractivity contribution in [3.05, 3.63) is 12.3 Å². The van der Waals surface area contributed by atoms with Crippen LogP contribution in [0.15, 0.2) is 12.3 Å². The first-order valence-corrected chi connectivity index (χ1v) is 4.93. The van der Waals surface area contributed by atoms with Gasteiger partial charge in [0.25, 0.3) is 0 Å². The highest BCUT2D eigenvalue weighted by Crippen LogP contribution is 2.17. The molecule has 15 heavy (non-hydrogen) atoms. The second-order valence-electron chi connectivity index (χ2n) is 3.43. The number of ether oxygens (including phenoxy) is 1. The van der Waals surface area contributed by atoms with Gasteiger partial charge in [0.15, 0.2) is 0 Å². The van der Waals surface area contributed by atoms with E-state index in [2.05, 4.69) is 14.9 Å². The third-order valence-corrected chi connectivity index (χ3v) is 2.45. The molecule has 1 aromatic rings. The van der Waals surface area contributed by atoms with Crippen molar-refractivity contribution in [3.63, 3.8) is 0 Å². The smallest absolute Gasteiger partial charge is 0.318 e. The summed E-state index contributed by atoms with van der Waals surface area (Å²) in [5.41, 5.74) is 0. The van der Waals surface area contributed by atoms with Gasteiger partial charge in [0, 0.05) is 32.1 Å². The largest absolute Gasteiger partial charge is 0.467 e. The zero-order valence-electron chi connectivity index (χ0n) is 8.64. The molecular weight excluding hydrogens is 194 g/mol. The molecule has 1 aliphatic rings. The lowest BCUT2D eigenvalue weighted by atomic mass is 10.1. The van der Waals surface area contributed by atoms with Gasteiger partial charge >= 0.3 is 6.01 Å². The molecule has 1 aliphatic heterocycles. The second kappa shape index (κ2) is 4.25. The molecule has 0 atom stereocenters. The lowest BCUT2D eigenvalue weighted by molar-refractivity contribution is -0.119. The fourth-order valence-corrected chi connectivity index (χ4v) is 1.59. The molecule has 80 valence electrons. The lowest BCUT2D eigenvalue weighted by Gasteiger charge is -2.26. The number of Topliss-reactive ketones (excluding diaryl/α,β-unsaturated/α-hetero) is 1. The van der Waals surface area contributed by atoms with Gasteiger partial charge in [-0.05, 0) is 6.07 Å². The van der Waals surface area contributed by atoms with E-state index < -0.39 is 0 Å². The summed E-state index contributed by atoms with van der Waals surface area (Å²) in [4.78, 5) is 21.3. The Labute approximate surface area is 88.1 Å². The first kappa shape index (κ1) is 9.89. The molecule has 0 aromatic carbocycles. The summed E-state index contributed by atoms with van der Waals surface area (Å²) >= 11 is 0. The molecule has 0 radical (unpaired) electrons. The van der Waals surface area contributed by atoms with Gasteiger partial charge in [-0.1, -0.05) is 0 Å². The molecule has 5 nitrogen and oxygen atoms in total. The highest BCUT2D eigenvalue weighted by atomic mass is 16.5. The van der Waals surface area contributed by atoms with E-state index in [0.29, 0.717) is 24.6 Å². The number of hydrogen-bond donors (Lipinski definition) is 0. The van der Waals surface area contributed by atoms with E-state index in [4.69, 9.17) is 4.74 Å². The van der Waals surface area contributed by atoms with Crippen LogP contribution >= 0.6 is 0 Å². The first-order chi connectivity index (χ1) is 7.29. The second-order valence-corrected chi connectivity index (χ2v) is 3.43. The maximum Gasteiger partial charge on any atom is 0.318 e. The molecule has 0 spiro atoms. The van der Waals surface area contributed by atoms with Crippen molar-refractivity contribution in [2.75, 3.05) is 25.1 Å². The fourth-order valence-electron chi connectivity index (χ4n) is 1.59. The molecule has 0 N–H and O–H groups in total. The number of aromatic nitrogens is 2. The van der Waals surface area contributed by atoms with Gasteiger partial charge in [-0.15, -0.1) is 0 Å². The summed E-state index contributed by atoms with van der Waals surface area (Å²) in [6.07, 6.45) is 2.87. The zero-order valence-corrected chi connectivity index (χ0v) is 8.64. The van der Waals surface area contributed by atoms with Gasteiger partial charge in [-0.2, -0.15) is 4.98 Å². The van der Waals surface area contributed by atoms with Crippen molar-refractivity contribution in [3.8, 4) is 6.01 Å². The Morgan fingerprint density at radius 3 is 2.80 bits per heavy atom. The summed E-state index contributed by atoms with van der Waals surface area (Å²) in [5.74, 6) is 1.15. The monoisotopic (exact) mass is 207 g/mol. The lowest BCUT2D eigenvalue weighted by Crippen LogP contribution is -2.34. The number of piperidine rings is 1. The number of hydrogen-bond acceptors (Lipinski definition) is 5. The fraction of sp³-hybridized carbons (Fsp3) is 0.500. The van der Waals surface area contributed by atoms with Crippen LogP contribution in [0.25, 0.3) is 0 Å². The minimum Gasteiger partial charge on any atom is -0.467 e. The zero-order chi connectivity index (χ0) is 10.7. The quantitative estimate of drug-likeness (QED) is 0.712. The van der Waals surface area contributed by atoms with Crippen molar-refractivity contribution >= 4 is 11.6 Å². The van der Waals surface area contributed by atoms with E-state index in [9.17, 15) is 4.79 Å². The summed E-state index contributed by atoms with van der Waals surface area (Å²) in [6, 6.07) is 2.20. The van der Waals surface area contributed by atoms with Crippen molar-refractivity contribution < 1.29 is 9.53 Å². The number of carbonyl (C=O) groups excluding carboxylic acids is 1. The van der Waals surface area contributed by atoms with E-state index in [1.165, 1.54) is 0 Å². The number of nitrogens with zero attached hydrogens (tertiary/aromatic N) is 3. The highest BCUT2D eigenvalue weighted by molar-refractivity contribution is 5.80. The third-order valence-electron chi connectivity index (χ3n) is 2.45. The van der Waals surface area contributed by atoms with Crippen molar-refractivity contribution in [1.82, 2.24) is 9.97 Å². The van der Waals surface area contributed by atoms with Crippen LogP contribution in [0.5, 0.6) is 6.01 Å². The Kier molecular flexibility index (Phi) is 2.80. The summed E-state index contributed by atoms with van der Waals surface area (Å²) in [5, 5.41) is 0. The molecular formula is C10H13N3O2. The maximum atomic E-state index is 11.1. The van der Waals surface area contributed by atoms with Gasteiger partial charge < -0.3 is 9.64 Å². The van der Waals surface area contributed by atoms with Gasteiger partial charge in [0.2, 0.25) is 0 Å². The minimum atomic E-state index is 0.326. The summed E-state index contributed by atoms with van der Waals surface area (Å²) in [7, 11) is 1.54. The Hall–Kier alpha value is -1.65. The molecule has 0 bridgehead atoms. The van der Waals surface area contributed by atoms with Crippen LogP contribution in [0.4, 0.5) is 5.82 Å². The van der Waals surface area contributed by atoms with Gasteiger partial charge in [-0.3, -0.25) is 4.79 Å². The SMILES string of the molecule is COc1nccc(N2CCC(=O)CC2)n1. The van der Waals surface area contributed by atoms with Crippen LogP contribution in [0.1, 0.15) is 12.8 Å². The number of anilines is 1. The molecule has 1 aromatic heterocycles. The number of methoxy groups -OCH3 is 1. The van der Waals surface area contributed by atoms with Gasteiger partial charge in [0.05, 0.1) is 7.11 Å². The van der Waals surface area contributed by atoms with Crippen LogP contribution in [0.3, 0.4) is 0 Å². The molecule has 2 heterocycles. The van der Waals surface area contributed by atoms with Gasteiger partial charge in [-0.25, -0.2) is 4.98 Å². The molecule has 0 aliphatic carbocycles. The van der Waals surface area contributed by atoms with E-state index in [0.717, 1.165) is 18.9 Å². The highest BCUT2D eigenvalue weighted by Gasteiger charge is 2.17. The van der Waals surface area contributed by atoms with Crippen molar-refractivity contribution in [2.24, 2.45) is 0 Å². The van der Waals surface area contributed by atoms with Crippen molar-refractivity contribution in [2.45, 2.75) is 12.8 Å². The van der Waals surface area contributed by atoms with Crippen LogP contribution < -0.4 is 9.64 Å². The Morgan fingerprint density at radius 2 is 2.13 bits per heavy atom. The molecule has 0 unspecified atom stereocenters. The van der Waals surface area contributed by atoms with E-state index >= 15 is 0 Å². The number of rotatable bonds is 2. The topological polar surface area (TPSA) is 55.3 Å². The Balaban J connectivity index is 2.11. The Morgan fingerprint density at radius 1 is 1.40 bits per heavy atom. The van der Waals surface area contributed by atoms with Crippen molar-refractivity contribution in [1.29, 1.82) is 0 Å². The van der Waals surface area contributed by atoms with Gasteiger partial charge in [0.1, 0.15) is 11.6 Å². The molecule has 2 rings (SSSR count).